The number of fused-ring (bicyclic) bond motifs is 1. The van der Waals surface area contributed by atoms with Crippen molar-refractivity contribution in [2.45, 2.75) is 25.3 Å². The van der Waals surface area contributed by atoms with Crippen molar-refractivity contribution in [2.24, 2.45) is 4.99 Å². The van der Waals surface area contributed by atoms with Gasteiger partial charge in [-0.2, -0.15) is 5.10 Å². The van der Waals surface area contributed by atoms with Crippen molar-refractivity contribution >= 4 is 28.7 Å². The largest absolute Gasteiger partial charge is 0.319 e. The first kappa shape index (κ1) is 21.5. The van der Waals surface area contributed by atoms with Gasteiger partial charge in [0.15, 0.2) is 5.69 Å². The molecule has 2 N–H and O–H groups in total. The number of likely N-dealkylation sites (N-methyl/N-ethyl adjacent to an activating group) is 1. The van der Waals surface area contributed by atoms with E-state index in [1.807, 2.05) is 30.6 Å². The van der Waals surface area contributed by atoms with Gasteiger partial charge >= 0.3 is 0 Å². The molecule has 0 spiro atoms. The summed E-state index contributed by atoms with van der Waals surface area (Å²) in [6, 6.07) is 9.99. The van der Waals surface area contributed by atoms with E-state index in [9.17, 15) is 4.79 Å². The molecule has 1 aromatic carbocycles. The lowest BCUT2D eigenvalue weighted by molar-refractivity contribution is 0.102. The number of carbonyl (C=O) groups is 1. The highest BCUT2D eigenvalue weighted by molar-refractivity contribution is 6.11. The molecule has 1 atom stereocenters. The number of anilines is 1. The van der Waals surface area contributed by atoms with Gasteiger partial charge in [-0.05, 0) is 75.4 Å². The van der Waals surface area contributed by atoms with Gasteiger partial charge in [0.1, 0.15) is 0 Å². The molecule has 0 aliphatic carbocycles. The lowest BCUT2D eigenvalue weighted by Gasteiger charge is -2.30. The average Bonchev–Trinajstić information content (AvgIpc) is 3.20. The van der Waals surface area contributed by atoms with Gasteiger partial charge in [0.2, 0.25) is 0 Å². The molecule has 1 fully saturated rings. The lowest BCUT2D eigenvalue weighted by Crippen LogP contribution is -2.36. The number of benzene rings is 1. The van der Waals surface area contributed by atoms with Crippen LogP contribution in [0.25, 0.3) is 10.9 Å². The van der Waals surface area contributed by atoms with Crippen molar-refractivity contribution in [3.63, 3.8) is 0 Å². The normalized spacial score (nSPS) is 18.4. The highest BCUT2D eigenvalue weighted by Gasteiger charge is 2.20. The van der Waals surface area contributed by atoms with Crippen LogP contribution in [0.15, 0.2) is 53.3 Å². The van der Waals surface area contributed by atoms with Crippen LogP contribution in [0, 0.1) is 0 Å². The van der Waals surface area contributed by atoms with Gasteiger partial charge in [-0.1, -0.05) is 6.07 Å². The number of amides is 1. The molecule has 0 radical (unpaired) electrons. The molecular formula is C25H29N7O. The molecule has 1 amide bonds. The fourth-order valence-electron chi connectivity index (χ4n) is 4.34. The van der Waals surface area contributed by atoms with E-state index in [4.69, 9.17) is 0 Å². The Morgan fingerprint density at radius 3 is 2.85 bits per heavy atom. The topological polar surface area (TPSA) is 89.5 Å². The Bertz CT molecular complexity index is 1210. The molecule has 0 bridgehead atoms. The number of hydrogen-bond acceptors (Lipinski definition) is 6. The number of nitrogens with zero attached hydrogens (tertiary/aromatic N) is 5. The van der Waals surface area contributed by atoms with Crippen LogP contribution >= 0.6 is 0 Å². The number of aliphatic imine (C=N–C) groups is 1. The summed E-state index contributed by atoms with van der Waals surface area (Å²) in [5.74, 6) is -0.0653. The monoisotopic (exact) mass is 443 g/mol. The Hall–Kier alpha value is -3.36. The summed E-state index contributed by atoms with van der Waals surface area (Å²) in [4.78, 5) is 26.5. The van der Waals surface area contributed by atoms with Gasteiger partial charge in [-0.15, -0.1) is 0 Å². The minimum atomic E-state index is -0.249. The summed E-state index contributed by atoms with van der Waals surface area (Å²) in [6.45, 7) is 4.01. The minimum absolute atomic E-state index is 0.184. The molecule has 1 unspecified atom stereocenters. The van der Waals surface area contributed by atoms with Gasteiger partial charge in [-0.3, -0.25) is 24.8 Å². The van der Waals surface area contributed by atoms with E-state index in [0.717, 1.165) is 54.8 Å². The number of pyridine rings is 1. The zero-order chi connectivity index (χ0) is 22.8. The Balaban J connectivity index is 1.30. The summed E-state index contributed by atoms with van der Waals surface area (Å²) in [5, 5.41) is 11.0. The van der Waals surface area contributed by atoms with E-state index < -0.39 is 0 Å². The maximum Gasteiger partial charge on any atom is 0.276 e. The van der Waals surface area contributed by atoms with Crippen LogP contribution in [0.5, 0.6) is 0 Å². The summed E-state index contributed by atoms with van der Waals surface area (Å²) in [7, 11) is 4.12. The van der Waals surface area contributed by atoms with Crippen LogP contribution in [0.4, 0.5) is 5.69 Å². The standard InChI is InChI=1S/C25H29N7O/c1-31(2)15-17-10-19(13-26-12-17)18-4-7-23-22(11-18)24(30-29-23)25(33)28-20-5-6-21(27-14-20)16-32-8-3-9-32/h4-7,11-14,19H,3,8-10,15-16H2,1-2H3,(H,28,33)(H,29,30). The van der Waals surface area contributed by atoms with Crippen LogP contribution in [0.1, 0.15) is 40.5 Å². The smallest absolute Gasteiger partial charge is 0.276 e. The molecule has 33 heavy (non-hydrogen) atoms. The highest BCUT2D eigenvalue weighted by atomic mass is 16.1. The zero-order valence-electron chi connectivity index (χ0n) is 19.1. The first-order valence-corrected chi connectivity index (χ1v) is 11.4. The van der Waals surface area contributed by atoms with E-state index in [-0.39, 0.29) is 11.8 Å². The van der Waals surface area contributed by atoms with E-state index in [1.165, 1.54) is 12.0 Å². The fourth-order valence-corrected chi connectivity index (χ4v) is 4.34. The molecule has 3 aromatic rings. The zero-order valence-corrected chi connectivity index (χ0v) is 19.1. The fraction of sp³-hybridized carbons (Fsp3) is 0.360. The quantitative estimate of drug-likeness (QED) is 0.584. The maximum atomic E-state index is 13.0. The molecule has 5 rings (SSSR count). The second-order valence-electron chi connectivity index (χ2n) is 9.13. The maximum absolute atomic E-state index is 13.0. The third kappa shape index (κ3) is 4.86. The van der Waals surface area contributed by atoms with Gasteiger partial charge < -0.3 is 10.2 Å². The van der Waals surface area contributed by atoms with E-state index >= 15 is 0 Å². The van der Waals surface area contributed by atoms with Crippen molar-refractivity contribution in [2.75, 3.05) is 39.0 Å². The van der Waals surface area contributed by atoms with Crippen molar-refractivity contribution < 1.29 is 4.79 Å². The number of aromatic amines is 1. The van der Waals surface area contributed by atoms with Crippen molar-refractivity contribution in [1.82, 2.24) is 25.0 Å². The molecule has 1 saturated heterocycles. The van der Waals surface area contributed by atoms with Crippen molar-refractivity contribution in [3.8, 4) is 0 Å². The third-order valence-corrected chi connectivity index (χ3v) is 6.17. The Morgan fingerprint density at radius 1 is 1.24 bits per heavy atom. The van der Waals surface area contributed by atoms with Gasteiger partial charge in [0.05, 0.1) is 23.1 Å². The number of H-pyrrole nitrogens is 1. The van der Waals surface area contributed by atoms with Crippen molar-refractivity contribution in [3.05, 3.63) is 65.3 Å². The minimum Gasteiger partial charge on any atom is -0.319 e. The summed E-state index contributed by atoms with van der Waals surface area (Å²) in [6.07, 6.45) is 7.82. The van der Waals surface area contributed by atoms with Crippen LogP contribution in [-0.4, -0.2) is 70.8 Å². The molecule has 2 aliphatic rings. The Morgan fingerprint density at radius 2 is 2.12 bits per heavy atom. The summed E-state index contributed by atoms with van der Waals surface area (Å²) in [5.41, 5.74) is 5.32. The van der Waals surface area contributed by atoms with Crippen LogP contribution in [0.3, 0.4) is 0 Å². The molecule has 170 valence electrons. The average molecular weight is 444 g/mol. The van der Waals surface area contributed by atoms with Crippen LogP contribution in [-0.2, 0) is 6.54 Å². The summed E-state index contributed by atoms with van der Waals surface area (Å²) < 4.78 is 0. The molecule has 8 heteroatoms. The molecule has 8 nitrogen and oxygen atoms in total. The summed E-state index contributed by atoms with van der Waals surface area (Å²) >= 11 is 0. The number of rotatable bonds is 7. The Kier molecular flexibility index (Phi) is 6.02. The Labute approximate surface area is 193 Å². The molecule has 2 aromatic heterocycles. The lowest BCUT2D eigenvalue weighted by atomic mass is 9.90. The first-order valence-electron chi connectivity index (χ1n) is 11.4. The molecule has 0 saturated carbocycles. The first-order chi connectivity index (χ1) is 16.0. The number of likely N-dealkylation sites (tertiary alicyclic amines) is 1. The molecular weight excluding hydrogens is 414 g/mol. The predicted molar refractivity (Wildman–Crippen MR) is 131 cm³/mol. The highest BCUT2D eigenvalue weighted by Crippen LogP contribution is 2.29. The molecule has 2 aliphatic heterocycles. The number of aromatic nitrogens is 3. The van der Waals surface area contributed by atoms with Crippen molar-refractivity contribution in [1.29, 1.82) is 0 Å². The van der Waals surface area contributed by atoms with Crippen LogP contribution in [0.2, 0.25) is 0 Å². The molecule has 4 heterocycles. The number of nitrogens with one attached hydrogen (secondary N) is 2. The van der Waals surface area contributed by atoms with E-state index in [0.29, 0.717) is 11.4 Å². The second kappa shape index (κ2) is 9.25. The SMILES string of the molecule is CN(C)CC1=CN=CC(c2ccc3[nH]nc(C(=O)Nc4ccc(CN5CCC5)nc4)c3c2)C1. The van der Waals surface area contributed by atoms with Gasteiger partial charge in [0.25, 0.3) is 5.91 Å². The predicted octanol–water partition coefficient (Wildman–Crippen LogP) is 3.42. The number of carbonyl (C=O) groups excluding carboxylic acids is 1. The van der Waals surface area contributed by atoms with Gasteiger partial charge in [-0.25, -0.2) is 0 Å². The van der Waals surface area contributed by atoms with E-state index in [1.54, 1.807) is 6.20 Å². The van der Waals surface area contributed by atoms with E-state index in [2.05, 4.69) is 61.5 Å². The van der Waals surface area contributed by atoms with Crippen LogP contribution < -0.4 is 5.32 Å². The third-order valence-electron chi connectivity index (χ3n) is 6.17. The number of hydrogen-bond donors (Lipinski definition) is 2. The van der Waals surface area contributed by atoms with Gasteiger partial charge in [0, 0.05) is 36.8 Å². The second-order valence-corrected chi connectivity index (χ2v) is 9.13.